The molecular formula is C25H24N2O2. The first-order valence-corrected chi connectivity index (χ1v) is 9.95. The van der Waals surface area contributed by atoms with Crippen LogP contribution in [0.3, 0.4) is 0 Å². The first-order valence-electron chi connectivity index (χ1n) is 9.95. The van der Waals surface area contributed by atoms with Crippen molar-refractivity contribution in [1.82, 2.24) is 5.32 Å². The molecule has 0 spiro atoms. The maximum Gasteiger partial charge on any atom is 0.258 e. The number of nitrogens with zero attached hydrogens (tertiary/aromatic N) is 1. The number of carbonyl (C=O) groups is 2. The highest BCUT2D eigenvalue weighted by molar-refractivity contribution is 6.07. The van der Waals surface area contributed by atoms with Crippen molar-refractivity contribution in [3.05, 3.63) is 101 Å². The number of anilines is 1. The van der Waals surface area contributed by atoms with Crippen molar-refractivity contribution in [2.45, 2.75) is 26.3 Å². The molecular weight excluding hydrogens is 360 g/mol. The molecule has 0 aliphatic carbocycles. The molecule has 0 saturated carbocycles. The normalized spacial score (nSPS) is 12.9. The molecule has 0 unspecified atom stereocenters. The smallest absolute Gasteiger partial charge is 0.258 e. The lowest BCUT2D eigenvalue weighted by atomic mass is 9.98. The summed E-state index contributed by atoms with van der Waals surface area (Å²) in [4.78, 5) is 27.3. The molecule has 1 aliphatic heterocycles. The number of hydrogen-bond acceptors (Lipinski definition) is 2. The summed E-state index contributed by atoms with van der Waals surface area (Å²) in [6.45, 7) is 3.23. The molecule has 1 heterocycles. The van der Waals surface area contributed by atoms with E-state index in [1.165, 1.54) is 5.56 Å². The van der Waals surface area contributed by atoms with E-state index in [1.807, 2.05) is 78.6 Å². The summed E-state index contributed by atoms with van der Waals surface area (Å²) in [7, 11) is 0. The van der Waals surface area contributed by atoms with Gasteiger partial charge in [0, 0.05) is 29.9 Å². The second-order valence-corrected chi connectivity index (χ2v) is 7.44. The summed E-state index contributed by atoms with van der Waals surface area (Å²) in [6.07, 6.45) is 1.76. The Bertz CT molecular complexity index is 1030. The maximum atomic E-state index is 12.9. The predicted molar refractivity (Wildman–Crippen MR) is 115 cm³/mol. The highest BCUT2D eigenvalue weighted by Crippen LogP contribution is 2.29. The van der Waals surface area contributed by atoms with E-state index in [4.69, 9.17) is 0 Å². The van der Waals surface area contributed by atoms with E-state index in [1.54, 1.807) is 6.07 Å². The number of rotatable bonds is 4. The fourth-order valence-electron chi connectivity index (χ4n) is 3.68. The van der Waals surface area contributed by atoms with Gasteiger partial charge in [-0.1, -0.05) is 48.0 Å². The molecule has 4 nitrogen and oxygen atoms in total. The highest BCUT2D eigenvalue weighted by Gasteiger charge is 2.24. The fourth-order valence-corrected chi connectivity index (χ4v) is 3.68. The Morgan fingerprint density at radius 1 is 0.931 bits per heavy atom. The Hall–Kier alpha value is -3.40. The van der Waals surface area contributed by atoms with Crippen LogP contribution in [0.4, 0.5) is 5.69 Å². The lowest BCUT2D eigenvalue weighted by Crippen LogP contribution is -2.35. The minimum Gasteiger partial charge on any atom is -0.348 e. The molecule has 0 bridgehead atoms. The Morgan fingerprint density at radius 2 is 1.69 bits per heavy atom. The zero-order chi connectivity index (χ0) is 20.2. The molecule has 2 amide bonds. The van der Waals surface area contributed by atoms with Crippen LogP contribution in [0.15, 0.2) is 72.8 Å². The molecule has 0 fully saturated rings. The highest BCUT2D eigenvalue weighted by atomic mass is 16.2. The van der Waals surface area contributed by atoms with Crippen LogP contribution in [0.2, 0.25) is 0 Å². The minimum atomic E-state index is -0.0973. The van der Waals surface area contributed by atoms with Crippen molar-refractivity contribution in [2.24, 2.45) is 0 Å². The van der Waals surface area contributed by atoms with E-state index in [0.29, 0.717) is 24.2 Å². The Balaban J connectivity index is 1.49. The van der Waals surface area contributed by atoms with Gasteiger partial charge in [0.1, 0.15) is 0 Å². The predicted octanol–water partition coefficient (Wildman–Crippen LogP) is 4.52. The first-order chi connectivity index (χ1) is 14.1. The molecule has 29 heavy (non-hydrogen) atoms. The number of fused-ring (bicyclic) bond motifs is 1. The summed E-state index contributed by atoms with van der Waals surface area (Å²) >= 11 is 0. The van der Waals surface area contributed by atoms with E-state index in [9.17, 15) is 9.59 Å². The number of aryl methyl sites for hydroxylation is 2. The van der Waals surface area contributed by atoms with Crippen LogP contribution >= 0.6 is 0 Å². The summed E-state index contributed by atoms with van der Waals surface area (Å²) in [5.41, 5.74) is 5.53. The van der Waals surface area contributed by atoms with E-state index >= 15 is 0 Å². The van der Waals surface area contributed by atoms with Crippen LogP contribution in [-0.4, -0.2) is 18.4 Å². The molecule has 1 N–H and O–H groups in total. The SMILES string of the molecule is Cc1ccc(CNC(=O)c2ccc3c(c2)CCCN3C(=O)c2ccccc2)cc1. The van der Waals surface area contributed by atoms with Crippen LogP contribution in [-0.2, 0) is 13.0 Å². The quantitative estimate of drug-likeness (QED) is 0.719. The van der Waals surface area contributed by atoms with Gasteiger partial charge in [-0.2, -0.15) is 0 Å². The van der Waals surface area contributed by atoms with Crippen LogP contribution < -0.4 is 10.2 Å². The summed E-state index contributed by atoms with van der Waals surface area (Å²) in [6, 6.07) is 23.1. The second kappa shape index (κ2) is 8.31. The zero-order valence-electron chi connectivity index (χ0n) is 16.5. The van der Waals surface area contributed by atoms with E-state index < -0.39 is 0 Å². The summed E-state index contributed by atoms with van der Waals surface area (Å²) in [5, 5.41) is 2.98. The molecule has 3 aromatic carbocycles. The second-order valence-electron chi connectivity index (χ2n) is 7.44. The van der Waals surface area contributed by atoms with Crippen LogP contribution in [0.1, 0.15) is 43.8 Å². The number of carbonyl (C=O) groups excluding carboxylic acids is 2. The third-order valence-corrected chi connectivity index (χ3v) is 5.30. The van der Waals surface area contributed by atoms with Crippen molar-refractivity contribution in [2.75, 3.05) is 11.4 Å². The number of amides is 2. The Morgan fingerprint density at radius 3 is 2.45 bits per heavy atom. The van der Waals surface area contributed by atoms with Crippen molar-refractivity contribution in [1.29, 1.82) is 0 Å². The molecule has 0 saturated heterocycles. The van der Waals surface area contributed by atoms with E-state index in [0.717, 1.165) is 29.7 Å². The molecule has 0 aromatic heterocycles. The number of hydrogen-bond donors (Lipinski definition) is 1. The fraction of sp³-hybridized carbons (Fsp3) is 0.200. The third kappa shape index (κ3) is 4.21. The van der Waals surface area contributed by atoms with Gasteiger partial charge in [0.15, 0.2) is 0 Å². The van der Waals surface area contributed by atoms with Gasteiger partial charge in [0.25, 0.3) is 11.8 Å². The molecule has 4 heteroatoms. The largest absolute Gasteiger partial charge is 0.348 e. The number of benzene rings is 3. The van der Waals surface area contributed by atoms with Crippen LogP contribution in [0.5, 0.6) is 0 Å². The van der Waals surface area contributed by atoms with Gasteiger partial charge in [-0.25, -0.2) is 0 Å². The van der Waals surface area contributed by atoms with Gasteiger partial charge >= 0.3 is 0 Å². The summed E-state index contributed by atoms with van der Waals surface area (Å²) < 4.78 is 0. The monoisotopic (exact) mass is 384 g/mol. The van der Waals surface area contributed by atoms with Gasteiger partial charge in [0.2, 0.25) is 0 Å². The van der Waals surface area contributed by atoms with Crippen molar-refractivity contribution < 1.29 is 9.59 Å². The standard InChI is InChI=1S/C25H24N2O2/c1-18-9-11-19(12-10-18)17-26-24(28)22-13-14-23-21(16-22)8-5-15-27(23)25(29)20-6-3-2-4-7-20/h2-4,6-7,9-14,16H,5,8,15,17H2,1H3,(H,26,28). The lowest BCUT2D eigenvalue weighted by Gasteiger charge is -2.30. The molecule has 146 valence electrons. The Labute approximate surface area is 171 Å². The Kier molecular flexibility index (Phi) is 5.43. The third-order valence-electron chi connectivity index (χ3n) is 5.30. The molecule has 3 aromatic rings. The van der Waals surface area contributed by atoms with Gasteiger partial charge in [-0.05, 0) is 61.2 Å². The zero-order valence-corrected chi connectivity index (χ0v) is 16.5. The van der Waals surface area contributed by atoms with Crippen LogP contribution in [0, 0.1) is 6.92 Å². The maximum absolute atomic E-state index is 12.9. The lowest BCUT2D eigenvalue weighted by molar-refractivity contribution is 0.0950. The van der Waals surface area contributed by atoms with Crippen molar-refractivity contribution in [3.63, 3.8) is 0 Å². The average molecular weight is 384 g/mol. The van der Waals surface area contributed by atoms with Crippen molar-refractivity contribution >= 4 is 17.5 Å². The molecule has 4 rings (SSSR count). The van der Waals surface area contributed by atoms with Gasteiger partial charge in [-0.15, -0.1) is 0 Å². The summed E-state index contributed by atoms with van der Waals surface area (Å²) in [5.74, 6) is -0.0944. The van der Waals surface area contributed by atoms with Gasteiger partial charge < -0.3 is 10.2 Å². The topological polar surface area (TPSA) is 49.4 Å². The van der Waals surface area contributed by atoms with Gasteiger partial charge in [0.05, 0.1) is 0 Å². The average Bonchev–Trinajstić information content (AvgIpc) is 2.77. The molecule has 1 aliphatic rings. The van der Waals surface area contributed by atoms with Gasteiger partial charge in [-0.3, -0.25) is 9.59 Å². The molecule has 0 atom stereocenters. The van der Waals surface area contributed by atoms with E-state index in [2.05, 4.69) is 5.32 Å². The molecule has 0 radical (unpaired) electrons. The van der Waals surface area contributed by atoms with Crippen LogP contribution in [0.25, 0.3) is 0 Å². The first kappa shape index (κ1) is 18.9. The van der Waals surface area contributed by atoms with E-state index in [-0.39, 0.29) is 11.8 Å². The number of nitrogens with one attached hydrogen (secondary N) is 1. The minimum absolute atomic E-state index is 0.00289. The van der Waals surface area contributed by atoms with Crippen molar-refractivity contribution in [3.8, 4) is 0 Å².